The van der Waals surface area contributed by atoms with Gasteiger partial charge in [-0.25, -0.2) is 9.97 Å². The van der Waals surface area contributed by atoms with E-state index in [4.69, 9.17) is 14.2 Å². The van der Waals surface area contributed by atoms with E-state index in [-0.39, 0.29) is 6.04 Å². The number of nitrogens with zero attached hydrogens (tertiary/aromatic N) is 3. The lowest BCUT2D eigenvalue weighted by atomic mass is 9.91. The van der Waals surface area contributed by atoms with Crippen LogP contribution < -0.4 is 19.1 Å². The van der Waals surface area contributed by atoms with Crippen LogP contribution in [0.1, 0.15) is 36.6 Å². The van der Waals surface area contributed by atoms with E-state index in [2.05, 4.69) is 27.9 Å². The van der Waals surface area contributed by atoms with Crippen molar-refractivity contribution < 1.29 is 19.3 Å². The number of fused-ring (bicyclic) bond motifs is 2. The van der Waals surface area contributed by atoms with Gasteiger partial charge in [0.15, 0.2) is 11.5 Å². The minimum atomic E-state index is -0.602. The summed E-state index contributed by atoms with van der Waals surface area (Å²) in [4.78, 5) is 11.3. The zero-order valence-corrected chi connectivity index (χ0v) is 18.0. The topological polar surface area (TPSA) is 76.9 Å². The number of hydrogen-bond acceptors (Lipinski definition) is 7. The first kappa shape index (κ1) is 20.2. The van der Waals surface area contributed by atoms with Crippen LogP contribution in [-0.2, 0) is 13.0 Å². The number of ether oxygens (including phenoxy) is 3. The zero-order chi connectivity index (χ0) is 21.4. The molecule has 0 bridgehead atoms. The number of aliphatic hydroxyl groups excluding tert-OH is 1. The lowest BCUT2D eigenvalue weighted by molar-refractivity contribution is 0.194. The molecular formula is C23H27N3O4. The Hall–Kier alpha value is -3.06. The van der Waals surface area contributed by atoms with Gasteiger partial charge in [0.1, 0.15) is 17.9 Å². The number of aromatic nitrogens is 2. The molecule has 2 aromatic carbocycles. The van der Waals surface area contributed by atoms with E-state index in [1.54, 1.807) is 34.6 Å². The van der Waals surface area contributed by atoms with Gasteiger partial charge in [0.2, 0.25) is 0 Å². The van der Waals surface area contributed by atoms with Crippen LogP contribution in [0.2, 0.25) is 0 Å². The molecule has 0 amide bonds. The van der Waals surface area contributed by atoms with Crippen molar-refractivity contribution in [3.8, 4) is 17.2 Å². The molecule has 0 spiro atoms. The molecule has 7 nitrogen and oxygen atoms in total. The highest BCUT2D eigenvalue weighted by atomic mass is 16.5. The Morgan fingerprint density at radius 1 is 0.967 bits per heavy atom. The van der Waals surface area contributed by atoms with E-state index in [0.717, 1.165) is 40.0 Å². The maximum atomic E-state index is 10.2. The van der Waals surface area contributed by atoms with Gasteiger partial charge in [-0.05, 0) is 49.6 Å². The predicted octanol–water partition coefficient (Wildman–Crippen LogP) is 3.66. The average Bonchev–Trinajstić information content (AvgIpc) is 2.76. The summed E-state index contributed by atoms with van der Waals surface area (Å²) < 4.78 is 16.4. The first-order chi connectivity index (χ1) is 14.5. The number of anilines is 1. The van der Waals surface area contributed by atoms with Crippen LogP contribution in [0.15, 0.2) is 30.6 Å². The molecular weight excluding hydrogens is 382 g/mol. The maximum Gasteiger partial charge on any atom is 0.162 e. The number of benzene rings is 2. The fourth-order valence-electron chi connectivity index (χ4n) is 4.18. The van der Waals surface area contributed by atoms with E-state index in [1.165, 1.54) is 5.56 Å². The molecule has 0 saturated carbocycles. The second-order valence-electron chi connectivity index (χ2n) is 7.64. The Balaban J connectivity index is 1.81. The normalized spacial score (nSPS) is 16.9. The van der Waals surface area contributed by atoms with Crippen molar-refractivity contribution in [1.29, 1.82) is 0 Å². The number of rotatable bonds is 5. The van der Waals surface area contributed by atoms with E-state index in [1.807, 2.05) is 18.2 Å². The van der Waals surface area contributed by atoms with E-state index >= 15 is 0 Å². The van der Waals surface area contributed by atoms with Gasteiger partial charge >= 0.3 is 0 Å². The third-order valence-corrected chi connectivity index (χ3v) is 5.78. The summed E-state index contributed by atoms with van der Waals surface area (Å²) in [5.41, 5.74) is 3.99. The van der Waals surface area contributed by atoms with Crippen molar-refractivity contribution in [3.05, 3.63) is 47.3 Å². The molecule has 0 aliphatic carbocycles. The molecule has 0 radical (unpaired) electrons. The molecule has 30 heavy (non-hydrogen) atoms. The summed E-state index contributed by atoms with van der Waals surface area (Å²) in [5, 5.41) is 11.1. The van der Waals surface area contributed by atoms with Crippen LogP contribution in [0, 0.1) is 0 Å². The average molecular weight is 409 g/mol. The summed E-state index contributed by atoms with van der Waals surface area (Å²) in [6.07, 6.45) is 1.83. The molecule has 2 atom stereocenters. The molecule has 1 aliphatic heterocycles. The third-order valence-electron chi connectivity index (χ3n) is 5.78. The van der Waals surface area contributed by atoms with Crippen LogP contribution in [-0.4, -0.2) is 42.4 Å². The smallest absolute Gasteiger partial charge is 0.162 e. The Morgan fingerprint density at radius 2 is 1.67 bits per heavy atom. The van der Waals surface area contributed by atoms with Gasteiger partial charge in [-0.2, -0.15) is 0 Å². The van der Waals surface area contributed by atoms with Crippen molar-refractivity contribution >= 4 is 16.7 Å². The van der Waals surface area contributed by atoms with Gasteiger partial charge in [0.25, 0.3) is 0 Å². The van der Waals surface area contributed by atoms with Gasteiger partial charge in [0, 0.05) is 29.6 Å². The SMILES string of the molecule is COc1cc2ncnc(N3Cc4cc(C(C)O)c(OC)cc4C[C@H]3C)c2cc1OC. The first-order valence-corrected chi connectivity index (χ1v) is 9.98. The number of hydrogen-bond donors (Lipinski definition) is 1. The summed E-state index contributed by atoms with van der Waals surface area (Å²) in [7, 11) is 4.88. The molecule has 1 N–H and O–H groups in total. The largest absolute Gasteiger partial charge is 0.496 e. The molecule has 1 unspecified atom stereocenters. The van der Waals surface area contributed by atoms with E-state index < -0.39 is 6.10 Å². The minimum Gasteiger partial charge on any atom is -0.496 e. The molecule has 1 aliphatic rings. The van der Waals surface area contributed by atoms with E-state index in [9.17, 15) is 5.11 Å². The lowest BCUT2D eigenvalue weighted by Gasteiger charge is -2.37. The second kappa shape index (κ2) is 7.99. The van der Waals surface area contributed by atoms with Crippen LogP contribution in [0.5, 0.6) is 17.2 Å². The molecule has 3 aromatic rings. The number of aliphatic hydroxyl groups is 1. The molecule has 1 aromatic heterocycles. The van der Waals surface area contributed by atoms with Crippen LogP contribution in [0.3, 0.4) is 0 Å². The second-order valence-corrected chi connectivity index (χ2v) is 7.64. The first-order valence-electron chi connectivity index (χ1n) is 9.98. The fourth-order valence-corrected chi connectivity index (χ4v) is 4.18. The van der Waals surface area contributed by atoms with Crippen molar-refractivity contribution in [3.63, 3.8) is 0 Å². The van der Waals surface area contributed by atoms with Gasteiger partial charge in [-0.1, -0.05) is 0 Å². The predicted molar refractivity (Wildman–Crippen MR) is 116 cm³/mol. The molecule has 4 rings (SSSR count). The summed E-state index contributed by atoms with van der Waals surface area (Å²) >= 11 is 0. The minimum absolute atomic E-state index is 0.228. The van der Waals surface area contributed by atoms with Crippen LogP contribution in [0.25, 0.3) is 10.9 Å². The van der Waals surface area contributed by atoms with Crippen molar-refractivity contribution in [2.24, 2.45) is 0 Å². The van der Waals surface area contributed by atoms with Gasteiger partial charge < -0.3 is 24.2 Å². The highest BCUT2D eigenvalue weighted by Crippen LogP contribution is 2.38. The Bertz CT molecular complexity index is 1080. The van der Waals surface area contributed by atoms with Gasteiger partial charge in [-0.3, -0.25) is 0 Å². The summed E-state index contributed by atoms with van der Waals surface area (Å²) in [6, 6.07) is 8.13. The van der Waals surface area contributed by atoms with Crippen molar-refractivity contribution in [2.75, 3.05) is 26.2 Å². The Labute approximate surface area is 176 Å². The summed E-state index contributed by atoms with van der Waals surface area (Å²) in [5.74, 6) is 2.87. The molecule has 0 saturated heterocycles. The summed E-state index contributed by atoms with van der Waals surface area (Å²) in [6.45, 7) is 4.62. The monoisotopic (exact) mass is 409 g/mol. The van der Waals surface area contributed by atoms with E-state index in [0.29, 0.717) is 18.0 Å². The quantitative estimate of drug-likeness (QED) is 0.689. The molecule has 2 heterocycles. The Kier molecular flexibility index (Phi) is 5.39. The molecule has 0 fully saturated rings. The fraction of sp³-hybridized carbons (Fsp3) is 0.391. The van der Waals surface area contributed by atoms with Gasteiger partial charge in [0.05, 0.1) is 33.0 Å². The van der Waals surface area contributed by atoms with Crippen LogP contribution >= 0.6 is 0 Å². The molecule has 7 heteroatoms. The Morgan fingerprint density at radius 3 is 2.33 bits per heavy atom. The van der Waals surface area contributed by atoms with Crippen LogP contribution in [0.4, 0.5) is 5.82 Å². The molecule has 158 valence electrons. The zero-order valence-electron chi connectivity index (χ0n) is 18.0. The standard InChI is InChI=1S/C23H27N3O4/c1-13-6-15-8-20(28-3)17(14(2)27)7-16(15)11-26(13)23-18-9-21(29-4)22(30-5)10-19(18)24-12-25-23/h7-10,12-14,27H,6,11H2,1-5H3/t13-,14?/m1/s1. The highest BCUT2D eigenvalue weighted by molar-refractivity contribution is 5.92. The van der Waals surface area contributed by atoms with Crippen molar-refractivity contribution in [1.82, 2.24) is 9.97 Å². The maximum absolute atomic E-state index is 10.2. The lowest BCUT2D eigenvalue weighted by Crippen LogP contribution is -2.39. The number of methoxy groups -OCH3 is 3. The highest BCUT2D eigenvalue weighted by Gasteiger charge is 2.28. The van der Waals surface area contributed by atoms with Crippen molar-refractivity contribution in [2.45, 2.75) is 39.0 Å². The van der Waals surface area contributed by atoms with Gasteiger partial charge in [-0.15, -0.1) is 0 Å². The third kappa shape index (κ3) is 3.39.